The summed E-state index contributed by atoms with van der Waals surface area (Å²) in [5, 5.41) is 8.92. The van der Waals surface area contributed by atoms with Crippen LogP contribution in [0.3, 0.4) is 0 Å². The zero-order valence-electron chi connectivity index (χ0n) is 14.5. The zero-order chi connectivity index (χ0) is 18.2. The fourth-order valence-corrected chi connectivity index (χ4v) is 2.79. The summed E-state index contributed by atoms with van der Waals surface area (Å²) in [6, 6.07) is 12.6. The molecule has 1 aromatic heterocycles. The van der Waals surface area contributed by atoms with E-state index in [0.717, 1.165) is 30.8 Å². The third-order valence-corrected chi connectivity index (χ3v) is 4.15. The minimum atomic E-state index is -0.243. The quantitative estimate of drug-likeness (QED) is 0.698. The second-order valence-corrected chi connectivity index (χ2v) is 6.09. The topological polar surface area (TPSA) is 83.1 Å². The van der Waals surface area contributed by atoms with Crippen LogP contribution in [0.4, 0.5) is 5.69 Å². The number of carbonyl (C=O) groups is 2. The summed E-state index contributed by atoms with van der Waals surface area (Å²) in [4.78, 5) is 29.0. The monoisotopic (exact) mass is 350 g/mol. The number of rotatable bonds is 6. The van der Waals surface area contributed by atoms with E-state index in [0.29, 0.717) is 24.2 Å². The predicted molar refractivity (Wildman–Crippen MR) is 101 cm³/mol. The number of anilines is 1. The molecule has 26 heavy (non-hydrogen) atoms. The van der Waals surface area contributed by atoms with Crippen LogP contribution in [0.1, 0.15) is 28.9 Å². The van der Waals surface area contributed by atoms with Gasteiger partial charge in [-0.3, -0.25) is 14.6 Å². The van der Waals surface area contributed by atoms with E-state index >= 15 is 0 Å². The first-order valence-electron chi connectivity index (χ1n) is 8.68. The fraction of sp³-hybridized carbons (Fsp3) is 0.250. The van der Waals surface area contributed by atoms with Gasteiger partial charge in [0, 0.05) is 19.2 Å². The molecule has 0 saturated carbocycles. The van der Waals surface area contributed by atoms with Crippen molar-refractivity contribution in [3.8, 4) is 0 Å². The first-order chi connectivity index (χ1) is 12.7. The van der Waals surface area contributed by atoms with Crippen LogP contribution in [0.5, 0.6) is 0 Å². The van der Waals surface area contributed by atoms with Gasteiger partial charge in [0.05, 0.1) is 23.5 Å². The highest BCUT2D eigenvalue weighted by Gasteiger charge is 2.14. The molecule has 3 N–H and O–H groups in total. The average molecular weight is 350 g/mol. The number of aromatic nitrogens is 1. The number of pyridine rings is 1. The van der Waals surface area contributed by atoms with Crippen LogP contribution in [-0.2, 0) is 11.3 Å². The summed E-state index contributed by atoms with van der Waals surface area (Å²) in [7, 11) is 0. The molecule has 3 rings (SSSR count). The van der Waals surface area contributed by atoms with Crippen LogP contribution in [0.25, 0.3) is 0 Å². The van der Waals surface area contributed by atoms with Crippen molar-refractivity contribution in [3.05, 3.63) is 71.6 Å². The van der Waals surface area contributed by atoms with Crippen molar-refractivity contribution in [2.75, 3.05) is 18.4 Å². The van der Waals surface area contributed by atoms with E-state index in [1.165, 1.54) is 0 Å². The van der Waals surface area contributed by atoms with Crippen molar-refractivity contribution in [1.29, 1.82) is 0 Å². The van der Waals surface area contributed by atoms with Gasteiger partial charge in [-0.05, 0) is 37.2 Å². The van der Waals surface area contributed by atoms with Gasteiger partial charge in [0.1, 0.15) is 0 Å². The zero-order valence-corrected chi connectivity index (χ0v) is 14.5. The van der Waals surface area contributed by atoms with Gasteiger partial charge in [-0.2, -0.15) is 0 Å². The highest BCUT2D eigenvalue weighted by atomic mass is 16.2. The van der Waals surface area contributed by atoms with Crippen molar-refractivity contribution in [2.45, 2.75) is 19.4 Å². The molecule has 6 heteroatoms. The van der Waals surface area contributed by atoms with E-state index in [1.54, 1.807) is 30.5 Å². The lowest BCUT2D eigenvalue weighted by Gasteiger charge is -2.15. The number of benzene rings is 1. The number of nitrogens with one attached hydrogen (secondary N) is 3. The highest BCUT2D eigenvalue weighted by molar-refractivity contribution is 6.04. The number of hydrogen-bond donors (Lipinski definition) is 3. The van der Waals surface area contributed by atoms with Gasteiger partial charge in [-0.25, -0.2) is 0 Å². The van der Waals surface area contributed by atoms with E-state index in [1.807, 2.05) is 18.2 Å². The lowest BCUT2D eigenvalue weighted by atomic mass is 10.1. The second-order valence-electron chi connectivity index (χ2n) is 6.09. The largest absolute Gasteiger partial charge is 0.346 e. The molecule has 0 aliphatic carbocycles. The van der Waals surface area contributed by atoms with E-state index in [-0.39, 0.29) is 11.8 Å². The third kappa shape index (κ3) is 5.00. The van der Waals surface area contributed by atoms with Crippen LogP contribution in [0.2, 0.25) is 0 Å². The minimum Gasteiger partial charge on any atom is -0.346 e. The smallest absolute Gasteiger partial charge is 0.253 e. The van der Waals surface area contributed by atoms with Crippen LogP contribution >= 0.6 is 0 Å². The average Bonchev–Trinajstić information content (AvgIpc) is 2.68. The van der Waals surface area contributed by atoms with Crippen molar-refractivity contribution < 1.29 is 9.59 Å². The Morgan fingerprint density at radius 3 is 2.73 bits per heavy atom. The standard InChI is InChI=1S/C20H22N4O2/c25-19(13-15-8-11-21-12-9-15)24-18-7-2-1-6-17(18)20(26)23-14-16-5-3-4-10-22-16/h1-8,10,21H,9,11-14H2,(H,23,26)(H,24,25). The highest BCUT2D eigenvalue weighted by Crippen LogP contribution is 2.17. The van der Waals surface area contributed by atoms with E-state index in [9.17, 15) is 9.59 Å². The molecule has 2 heterocycles. The SMILES string of the molecule is O=C(CC1=CCNCC1)Nc1ccccc1C(=O)NCc1ccccn1. The van der Waals surface area contributed by atoms with Crippen LogP contribution in [0, 0.1) is 0 Å². The lowest BCUT2D eigenvalue weighted by molar-refractivity contribution is -0.115. The molecule has 0 bridgehead atoms. The molecule has 0 radical (unpaired) electrons. The van der Waals surface area contributed by atoms with Gasteiger partial charge in [-0.1, -0.05) is 29.8 Å². The molecule has 0 atom stereocenters. The van der Waals surface area contributed by atoms with E-state index in [4.69, 9.17) is 0 Å². The van der Waals surface area contributed by atoms with Gasteiger partial charge < -0.3 is 16.0 Å². The molecule has 1 aromatic carbocycles. The summed E-state index contributed by atoms with van der Waals surface area (Å²) in [5.74, 6) is -0.351. The molecule has 6 nitrogen and oxygen atoms in total. The third-order valence-electron chi connectivity index (χ3n) is 4.15. The summed E-state index contributed by atoms with van der Waals surface area (Å²) in [6.45, 7) is 2.03. The van der Waals surface area contributed by atoms with Crippen molar-refractivity contribution in [1.82, 2.24) is 15.6 Å². The van der Waals surface area contributed by atoms with Gasteiger partial charge in [0.15, 0.2) is 0 Å². The maximum atomic E-state index is 12.5. The number of hydrogen-bond acceptors (Lipinski definition) is 4. The Bertz CT molecular complexity index is 802. The van der Waals surface area contributed by atoms with E-state index < -0.39 is 0 Å². The van der Waals surface area contributed by atoms with Gasteiger partial charge >= 0.3 is 0 Å². The molecule has 0 saturated heterocycles. The molecule has 2 aromatic rings. The summed E-state index contributed by atoms with van der Waals surface area (Å²) in [6.07, 6.45) is 4.96. The van der Waals surface area contributed by atoms with E-state index in [2.05, 4.69) is 27.0 Å². The number of carbonyl (C=O) groups excluding carboxylic acids is 2. The molecule has 2 amide bonds. The summed E-state index contributed by atoms with van der Waals surface area (Å²) >= 11 is 0. The Labute approximate surface area is 152 Å². The maximum Gasteiger partial charge on any atom is 0.253 e. The molecular weight excluding hydrogens is 328 g/mol. The predicted octanol–water partition coefficient (Wildman–Crippen LogP) is 2.26. The number of para-hydroxylation sites is 1. The van der Waals surface area contributed by atoms with Crippen molar-refractivity contribution in [2.24, 2.45) is 0 Å². The normalized spacial score (nSPS) is 13.6. The lowest BCUT2D eigenvalue weighted by Crippen LogP contribution is -2.26. The number of amides is 2. The molecule has 0 spiro atoms. The Kier molecular flexibility index (Phi) is 6.11. The van der Waals surface area contributed by atoms with Crippen LogP contribution < -0.4 is 16.0 Å². The van der Waals surface area contributed by atoms with Crippen molar-refractivity contribution >= 4 is 17.5 Å². The molecule has 1 aliphatic heterocycles. The first kappa shape index (κ1) is 17.8. The second kappa shape index (κ2) is 8.92. The fourth-order valence-electron chi connectivity index (χ4n) is 2.79. The van der Waals surface area contributed by atoms with Crippen LogP contribution in [-0.4, -0.2) is 29.9 Å². The van der Waals surface area contributed by atoms with Crippen LogP contribution in [0.15, 0.2) is 60.3 Å². The Morgan fingerprint density at radius 1 is 1.12 bits per heavy atom. The first-order valence-corrected chi connectivity index (χ1v) is 8.68. The van der Waals surface area contributed by atoms with Gasteiger partial charge in [0.25, 0.3) is 5.91 Å². The molecule has 134 valence electrons. The Morgan fingerprint density at radius 2 is 1.96 bits per heavy atom. The van der Waals surface area contributed by atoms with Gasteiger partial charge in [0.2, 0.25) is 5.91 Å². The summed E-state index contributed by atoms with van der Waals surface area (Å²) < 4.78 is 0. The Hall–Kier alpha value is -2.99. The number of nitrogens with zero attached hydrogens (tertiary/aromatic N) is 1. The molecule has 1 aliphatic rings. The summed E-state index contributed by atoms with van der Waals surface area (Å²) in [5.41, 5.74) is 2.86. The molecular formula is C20H22N4O2. The maximum absolute atomic E-state index is 12.5. The van der Waals surface area contributed by atoms with Crippen molar-refractivity contribution in [3.63, 3.8) is 0 Å². The Balaban J connectivity index is 1.62. The van der Waals surface area contributed by atoms with Gasteiger partial charge in [-0.15, -0.1) is 0 Å². The molecule has 0 fully saturated rings. The molecule has 0 unspecified atom stereocenters. The minimum absolute atomic E-state index is 0.108.